The van der Waals surface area contributed by atoms with Gasteiger partial charge in [0.1, 0.15) is 6.33 Å². The molecule has 0 saturated carbocycles. The molecule has 0 atom stereocenters. The zero-order valence-corrected chi connectivity index (χ0v) is 7.67. The molecular weight excluding hydrogens is 194 g/mol. The molecule has 10 heavy (non-hydrogen) atoms. The van der Waals surface area contributed by atoms with Crippen molar-refractivity contribution in [3.05, 3.63) is 11.1 Å². The molecule has 3 nitrogen and oxygen atoms in total. The second kappa shape index (κ2) is 3.14. The van der Waals surface area contributed by atoms with Gasteiger partial charge < -0.3 is 0 Å². The summed E-state index contributed by atoms with van der Waals surface area (Å²) in [6.07, 6.45) is 1.73. The fourth-order valence-electron chi connectivity index (χ4n) is 0.734. The first-order chi connectivity index (χ1) is 4.68. The van der Waals surface area contributed by atoms with Gasteiger partial charge in [0.25, 0.3) is 0 Å². The smallest absolute Gasteiger partial charge is 0.217 e. The molecule has 0 fully saturated rings. The van der Waals surface area contributed by atoms with Crippen molar-refractivity contribution >= 4 is 15.9 Å². The molecule has 1 rings (SSSR count). The third kappa shape index (κ3) is 2.10. The first kappa shape index (κ1) is 7.72. The van der Waals surface area contributed by atoms with Gasteiger partial charge in [0.2, 0.25) is 4.73 Å². The number of hydrogen-bond acceptors (Lipinski definition) is 2. The highest BCUT2D eigenvalue weighted by atomic mass is 79.9. The second-order valence-corrected chi connectivity index (χ2v) is 3.34. The standard InChI is InChI=1S/C6H10BrN3/c1-5(2)3-10-4-8-6(7)9-10/h4-5H,3H2,1-2H3. The molecule has 0 N–H and O–H groups in total. The maximum Gasteiger partial charge on any atom is 0.217 e. The van der Waals surface area contributed by atoms with Crippen molar-refractivity contribution < 1.29 is 0 Å². The summed E-state index contributed by atoms with van der Waals surface area (Å²) in [6.45, 7) is 5.23. The van der Waals surface area contributed by atoms with E-state index in [0.717, 1.165) is 6.54 Å². The van der Waals surface area contributed by atoms with Crippen molar-refractivity contribution in [2.75, 3.05) is 0 Å². The van der Waals surface area contributed by atoms with Gasteiger partial charge in [-0.25, -0.2) is 4.98 Å². The van der Waals surface area contributed by atoms with Crippen LogP contribution in [0.1, 0.15) is 13.8 Å². The fraction of sp³-hybridized carbons (Fsp3) is 0.667. The van der Waals surface area contributed by atoms with E-state index in [-0.39, 0.29) is 0 Å². The summed E-state index contributed by atoms with van der Waals surface area (Å²) in [5.74, 6) is 0.619. The molecule has 1 aromatic rings. The minimum absolute atomic E-state index is 0.619. The topological polar surface area (TPSA) is 30.7 Å². The van der Waals surface area contributed by atoms with Crippen molar-refractivity contribution in [2.45, 2.75) is 20.4 Å². The Hall–Kier alpha value is -0.380. The summed E-state index contributed by atoms with van der Waals surface area (Å²) in [4.78, 5) is 3.94. The van der Waals surface area contributed by atoms with Crippen molar-refractivity contribution in [1.29, 1.82) is 0 Å². The second-order valence-electron chi connectivity index (χ2n) is 2.63. The lowest BCUT2D eigenvalue weighted by Crippen LogP contribution is -2.04. The van der Waals surface area contributed by atoms with Crippen molar-refractivity contribution in [3.8, 4) is 0 Å². The van der Waals surface area contributed by atoms with Crippen LogP contribution in [-0.2, 0) is 6.54 Å². The number of nitrogens with zero attached hydrogens (tertiary/aromatic N) is 3. The van der Waals surface area contributed by atoms with Crippen LogP contribution in [0.2, 0.25) is 0 Å². The maximum absolute atomic E-state index is 4.07. The van der Waals surface area contributed by atoms with E-state index < -0.39 is 0 Å². The van der Waals surface area contributed by atoms with Crippen LogP contribution in [0.25, 0.3) is 0 Å². The summed E-state index contributed by atoms with van der Waals surface area (Å²) in [6, 6.07) is 0. The van der Waals surface area contributed by atoms with Crippen LogP contribution in [0.15, 0.2) is 11.1 Å². The highest BCUT2D eigenvalue weighted by Gasteiger charge is 1.97. The molecule has 0 unspecified atom stereocenters. The monoisotopic (exact) mass is 203 g/mol. The lowest BCUT2D eigenvalue weighted by atomic mass is 10.2. The molecule has 0 bridgehead atoms. The maximum atomic E-state index is 4.07. The number of hydrogen-bond donors (Lipinski definition) is 0. The summed E-state index contributed by atoms with van der Waals surface area (Å²) in [7, 11) is 0. The molecular formula is C6H10BrN3. The molecule has 0 aliphatic carbocycles. The van der Waals surface area contributed by atoms with Gasteiger partial charge >= 0.3 is 0 Å². The fourth-order valence-corrected chi connectivity index (χ4v) is 1.03. The normalized spacial score (nSPS) is 10.8. The Morgan fingerprint density at radius 1 is 1.70 bits per heavy atom. The van der Waals surface area contributed by atoms with Crippen LogP contribution in [0, 0.1) is 5.92 Å². The van der Waals surface area contributed by atoms with Gasteiger partial charge in [-0.3, -0.25) is 4.68 Å². The molecule has 0 amide bonds. The molecule has 0 saturated heterocycles. The SMILES string of the molecule is CC(C)Cn1cnc(Br)n1. The number of rotatable bonds is 2. The summed E-state index contributed by atoms with van der Waals surface area (Å²) in [5, 5.41) is 4.07. The van der Waals surface area contributed by atoms with E-state index in [0.29, 0.717) is 10.7 Å². The Morgan fingerprint density at radius 2 is 2.40 bits per heavy atom. The summed E-state index contributed by atoms with van der Waals surface area (Å²) in [5.41, 5.74) is 0. The molecule has 1 heterocycles. The molecule has 4 heteroatoms. The summed E-state index contributed by atoms with van der Waals surface area (Å²) < 4.78 is 2.49. The molecule has 0 radical (unpaired) electrons. The summed E-state index contributed by atoms with van der Waals surface area (Å²) >= 11 is 3.18. The highest BCUT2D eigenvalue weighted by Crippen LogP contribution is 2.01. The first-order valence-corrected chi connectivity index (χ1v) is 4.02. The van der Waals surface area contributed by atoms with E-state index in [4.69, 9.17) is 0 Å². The third-order valence-electron chi connectivity index (χ3n) is 1.06. The van der Waals surface area contributed by atoms with Crippen molar-refractivity contribution in [2.24, 2.45) is 5.92 Å². The molecule has 0 spiro atoms. The minimum atomic E-state index is 0.619. The first-order valence-electron chi connectivity index (χ1n) is 3.23. The lowest BCUT2D eigenvalue weighted by molar-refractivity contribution is 0.481. The Morgan fingerprint density at radius 3 is 2.80 bits per heavy atom. The van der Waals surface area contributed by atoms with Gasteiger partial charge in [-0.05, 0) is 21.8 Å². The van der Waals surface area contributed by atoms with Crippen molar-refractivity contribution in [1.82, 2.24) is 14.8 Å². The van der Waals surface area contributed by atoms with E-state index in [2.05, 4.69) is 39.9 Å². The largest absolute Gasteiger partial charge is 0.252 e. The zero-order valence-electron chi connectivity index (χ0n) is 6.08. The van der Waals surface area contributed by atoms with Crippen LogP contribution >= 0.6 is 15.9 Å². The van der Waals surface area contributed by atoms with Crippen LogP contribution < -0.4 is 0 Å². The van der Waals surface area contributed by atoms with Crippen molar-refractivity contribution in [3.63, 3.8) is 0 Å². The van der Waals surface area contributed by atoms with Gasteiger partial charge in [0.05, 0.1) is 0 Å². The van der Waals surface area contributed by atoms with Gasteiger partial charge in [0, 0.05) is 6.54 Å². The zero-order chi connectivity index (χ0) is 7.56. The Labute approximate surface area is 68.6 Å². The Kier molecular flexibility index (Phi) is 2.43. The predicted octanol–water partition coefficient (Wildman–Crippen LogP) is 1.70. The highest BCUT2D eigenvalue weighted by molar-refractivity contribution is 9.10. The molecule has 0 aromatic carbocycles. The van der Waals surface area contributed by atoms with E-state index in [9.17, 15) is 0 Å². The number of aromatic nitrogens is 3. The Balaban J connectivity index is 2.58. The van der Waals surface area contributed by atoms with E-state index in [1.54, 1.807) is 6.33 Å². The van der Waals surface area contributed by atoms with E-state index in [1.807, 2.05) is 4.68 Å². The van der Waals surface area contributed by atoms with Gasteiger partial charge in [-0.2, -0.15) is 0 Å². The molecule has 56 valence electrons. The molecule has 0 aliphatic rings. The van der Waals surface area contributed by atoms with Crippen LogP contribution in [0.4, 0.5) is 0 Å². The average Bonchev–Trinajstić information content (AvgIpc) is 2.13. The van der Waals surface area contributed by atoms with E-state index >= 15 is 0 Å². The Bertz CT molecular complexity index is 207. The quantitative estimate of drug-likeness (QED) is 0.733. The minimum Gasteiger partial charge on any atom is -0.252 e. The van der Waals surface area contributed by atoms with Crippen LogP contribution in [-0.4, -0.2) is 14.8 Å². The average molecular weight is 204 g/mol. The lowest BCUT2D eigenvalue weighted by Gasteiger charge is -2.01. The van der Waals surface area contributed by atoms with Gasteiger partial charge in [-0.15, -0.1) is 5.10 Å². The predicted molar refractivity (Wildman–Crippen MR) is 42.6 cm³/mol. The molecule has 0 aliphatic heterocycles. The van der Waals surface area contributed by atoms with Crippen LogP contribution in [0.3, 0.4) is 0 Å². The van der Waals surface area contributed by atoms with Gasteiger partial charge in [-0.1, -0.05) is 13.8 Å². The number of halogens is 1. The molecule has 1 aromatic heterocycles. The van der Waals surface area contributed by atoms with Gasteiger partial charge in [0.15, 0.2) is 0 Å². The van der Waals surface area contributed by atoms with E-state index in [1.165, 1.54) is 0 Å². The van der Waals surface area contributed by atoms with Crippen LogP contribution in [0.5, 0.6) is 0 Å². The third-order valence-corrected chi connectivity index (χ3v) is 1.42.